The highest BCUT2D eigenvalue weighted by atomic mass is 16.5. The minimum atomic E-state index is 0.0932. The van der Waals surface area contributed by atoms with E-state index in [2.05, 4.69) is 44.8 Å². The summed E-state index contributed by atoms with van der Waals surface area (Å²) in [5, 5.41) is 3.65. The van der Waals surface area contributed by atoms with E-state index in [0.29, 0.717) is 12.1 Å². The highest BCUT2D eigenvalue weighted by molar-refractivity contribution is 4.93. The van der Waals surface area contributed by atoms with Crippen molar-refractivity contribution < 1.29 is 4.74 Å². The molecule has 0 spiro atoms. The average molecular weight is 254 g/mol. The third-order valence-electron chi connectivity index (χ3n) is 4.39. The van der Waals surface area contributed by atoms with Crippen LogP contribution in [0.25, 0.3) is 0 Å². The van der Waals surface area contributed by atoms with Gasteiger partial charge in [-0.3, -0.25) is 4.90 Å². The van der Waals surface area contributed by atoms with E-state index in [1.54, 1.807) is 0 Å². The van der Waals surface area contributed by atoms with Crippen molar-refractivity contribution >= 4 is 0 Å². The van der Waals surface area contributed by atoms with E-state index in [9.17, 15) is 0 Å². The van der Waals surface area contributed by atoms with Crippen LogP contribution in [-0.4, -0.2) is 47.8 Å². The van der Waals surface area contributed by atoms with Crippen LogP contribution in [-0.2, 0) is 4.74 Å². The fraction of sp³-hybridized carbons (Fsp3) is 1.00. The Morgan fingerprint density at radius 1 is 1.28 bits per heavy atom. The number of hydrogen-bond donors (Lipinski definition) is 1. The Balaban J connectivity index is 1.93. The first kappa shape index (κ1) is 14.3. The highest BCUT2D eigenvalue weighted by Crippen LogP contribution is 2.30. The van der Waals surface area contributed by atoms with Crippen molar-refractivity contribution in [2.45, 2.75) is 77.2 Å². The maximum absolute atomic E-state index is 6.15. The molecule has 1 N–H and O–H groups in total. The molecule has 0 aromatic carbocycles. The summed E-state index contributed by atoms with van der Waals surface area (Å²) in [6, 6.07) is 0.672. The molecule has 0 saturated carbocycles. The average Bonchev–Trinajstić information content (AvgIpc) is 2.57. The first-order valence-electron chi connectivity index (χ1n) is 7.48. The normalized spacial score (nSPS) is 35.8. The van der Waals surface area contributed by atoms with E-state index in [1.165, 1.54) is 19.3 Å². The second-order valence-electron chi connectivity index (χ2n) is 7.29. The monoisotopic (exact) mass is 254 g/mol. The van der Waals surface area contributed by atoms with Gasteiger partial charge in [-0.25, -0.2) is 0 Å². The van der Waals surface area contributed by atoms with Crippen molar-refractivity contribution in [2.75, 3.05) is 19.6 Å². The molecule has 0 aromatic rings. The standard InChI is InChI=1S/C15H30N2O/c1-6-12-9-16-14(2,3)11-17(12)10-13-7-8-15(4,5)18-13/h12-13,16H,6-11H2,1-5H3. The van der Waals surface area contributed by atoms with Crippen molar-refractivity contribution in [3.8, 4) is 0 Å². The van der Waals surface area contributed by atoms with Gasteiger partial charge in [-0.15, -0.1) is 0 Å². The van der Waals surface area contributed by atoms with Gasteiger partial charge in [0, 0.05) is 31.2 Å². The van der Waals surface area contributed by atoms with E-state index < -0.39 is 0 Å². The van der Waals surface area contributed by atoms with Gasteiger partial charge in [0.25, 0.3) is 0 Å². The molecule has 0 amide bonds. The summed E-state index contributed by atoms with van der Waals surface area (Å²) in [6.07, 6.45) is 4.07. The van der Waals surface area contributed by atoms with Gasteiger partial charge in [0.15, 0.2) is 0 Å². The predicted octanol–water partition coefficient (Wildman–Crippen LogP) is 2.41. The number of nitrogens with zero attached hydrogens (tertiary/aromatic N) is 1. The van der Waals surface area contributed by atoms with Crippen LogP contribution in [0.3, 0.4) is 0 Å². The summed E-state index contributed by atoms with van der Waals surface area (Å²) in [7, 11) is 0. The SMILES string of the molecule is CCC1CNC(C)(C)CN1CC1CCC(C)(C)O1. The van der Waals surface area contributed by atoms with Gasteiger partial charge in [-0.2, -0.15) is 0 Å². The zero-order valence-electron chi connectivity index (χ0n) is 12.8. The summed E-state index contributed by atoms with van der Waals surface area (Å²) in [5.74, 6) is 0. The number of ether oxygens (including phenoxy) is 1. The molecule has 2 aliphatic heterocycles. The maximum Gasteiger partial charge on any atom is 0.0710 e. The Hall–Kier alpha value is -0.120. The molecule has 2 aliphatic rings. The number of piperazine rings is 1. The Labute approximate surface area is 112 Å². The third-order valence-corrected chi connectivity index (χ3v) is 4.39. The number of rotatable bonds is 3. The zero-order chi connectivity index (χ0) is 13.4. The van der Waals surface area contributed by atoms with E-state index in [-0.39, 0.29) is 11.1 Å². The first-order chi connectivity index (χ1) is 8.31. The Morgan fingerprint density at radius 2 is 2.00 bits per heavy atom. The molecule has 0 aromatic heterocycles. The Bertz CT molecular complexity index is 288. The maximum atomic E-state index is 6.15. The van der Waals surface area contributed by atoms with Crippen molar-refractivity contribution in [3.05, 3.63) is 0 Å². The molecule has 0 aliphatic carbocycles. The fourth-order valence-electron chi connectivity index (χ4n) is 3.30. The second kappa shape index (κ2) is 5.10. The smallest absolute Gasteiger partial charge is 0.0710 e. The lowest BCUT2D eigenvalue weighted by Crippen LogP contribution is -2.62. The van der Waals surface area contributed by atoms with Crippen LogP contribution in [0.2, 0.25) is 0 Å². The van der Waals surface area contributed by atoms with Crippen LogP contribution < -0.4 is 5.32 Å². The van der Waals surface area contributed by atoms with Gasteiger partial charge in [0.2, 0.25) is 0 Å². The van der Waals surface area contributed by atoms with Gasteiger partial charge in [0.1, 0.15) is 0 Å². The van der Waals surface area contributed by atoms with Crippen LogP contribution in [0.1, 0.15) is 53.9 Å². The molecular weight excluding hydrogens is 224 g/mol. The number of hydrogen-bond acceptors (Lipinski definition) is 3. The summed E-state index contributed by atoms with van der Waals surface area (Å²) >= 11 is 0. The van der Waals surface area contributed by atoms with Crippen LogP contribution >= 0.6 is 0 Å². The number of nitrogens with one attached hydrogen (secondary N) is 1. The van der Waals surface area contributed by atoms with Crippen LogP contribution in [0.5, 0.6) is 0 Å². The van der Waals surface area contributed by atoms with E-state index in [1.807, 2.05) is 0 Å². The van der Waals surface area contributed by atoms with Crippen molar-refractivity contribution in [1.29, 1.82) is 0 Å². The lowest BCUT2D eigenvalue weighted by atomic mass is 9.97. The lowest BCUT2D eigenvalue weighted by Gasteiger charge is -2.45. The molecule has 18 heavy (non-hydrogen) atoms. The molecule has 2 heterocycles. The van der Waals surface area contributed by atoms with E-state index >= 15 is 0 Å². The Kier molecular flexibility index (Phi) is 4.05. The minimum Gasteiger partial charge on any atom is -0.371 e. The van der Waals surface area contributed by atoms with E-state index in [4.69, 9.17) is 4.74 Å². The summed E-state index contributed by atoms with van der Waals surface area (Å²) in [4.78, 5) is 2.64. The van der Waals surface area contributed by atoms with Gasteiger partial charge in [0.05, 0.1) is 11.7 Å². The fourth-order valence-corrected chi connectivity index (χ4v) is 3.30. The molecule has 3 nitrogen and oxygen atoms in total. The molecule has 2 saturated heterocycles. The summed E-state index contributed by atoms with van der Waals surface area (Å²) in [5.41, 5.74) is 0.329. The lowest BCUT2D eigenvalue weighted by molar-refractivity contribution is -0.0421. The van der Waals surface area contributed by atoms with Crippen LogP contribution in [0.4, 0.5) is 0 Å². The molecular formula is C15H30N2O. The van der Waals surface area contributed by atoms with Gasteiger partial charge in [-0.05, 0) is 47.0 Å². The molecule has 2 fully saturated rings. The Morgan fingerprint density at radius 3 is 2.56 bits per heavy atom. The third kappa shape index (κ3) is 3.46. The van der Waals surface area contributed by atoms with Crippen LogP contribution in [0.15, 0.2) is 0 Å². The van der Waals surface area contributed by atoms with Gasteiger partial charge >= 0.3 is 0 Å². The highest BCUT2D eigenvalue weighted by Gasteiger charge is 2.37. The zero-order valence-corrected chi connectivity index (χ0v) is 12.8. The van der Waals surface area contributed by atoms with E-state index in [0.717, 1.165) is 19.6 Å². The first-order valence-corrected chi connectivity index (χ1v) is 7.48. The second-order valence-corrected chi connectivity index (χ2v) is 7.29. The molecule has 106 valence electrons. The summed E-state index contributed by atoms with van der Waals surface area (Å²) < 4.78 is 6.15. The molecule has 2 rings (SSSR count). The molecule has 2 atom stereocenters. The largest absolute Gasteiger partial charge is 0.371 e. The molecule has 2 unspecified atom stereocenters. The molecule has 0 radical (unpaired) electrons. The topological polar surface area (TPSA) is 24.5 Å². The van der Waals surface area contributed by atoms with Gasteiger partial charge in [-0.1, -0.05) is 6.92 Å². The van der Waals surface area contributed by atoms with Crippen molar-refractivity contribution in [1.82, 2.24) is 10.2 Å². The molecule has 3 heteroatoms. The summed E-state index contributed by atoms with van der Waals surface area (Å²) in [6.45, 7) is 14.7. The quantitative estimate of drug-likeness (QED) is 0.837. The van der Waals surface area contributed by atoms with Crippen LogP contribution in [0, 0.1) is 0 Å². The van der Waals surface area contributed by atoms with Gasteiger partial charge < -0.3 is 10.1 Å². The predicted molar refractivity (Wildman–Crippen MR) is 75.9 cm³/mol. The minimum absolute atomic E-state index is 0.0932. The van der Waals surface area contributed by atoms with Crippen molar-refractivity contribution in [2.24, 2.45) is 0 Å². The molecule has 0 bridgehead atoms. The van der Waals surface area contributed by atoms with Crippen molar-refractivity contribution in [3.63, 3.8) is 0 Å².